The highest BCUT2D eigenvalue weighted by molar-refractivity contribution is 7.20. The van der Waals surface area contributed by atoms with Gasteiger partial charge in [-0.3, -0.25) is 5.10 Å². The van der Waals surface area contributed by atoms with Gasteiger partial charge >= 0.3 is 0 Å². The lowest BCUT2D eigenvalue weighted by Gasteiger charge is -2.04. The predicted molar refractivity (Wildman–Crippen MR) is 75.5 cm³/mol. The number of hydrogen-bond acceptors (Lipinski definition) is 4. The van der Waals surface area contributed by atoms with Crippen molar-refractivity contribution in [2.45, 2.75) is 6.54 Å². The summed E-state index contributed by atoms with van der Waals surface area (Å²) in [5.74, 6) is 0. The van der Waals surface area contributed by atoms with E-state index in [2.05, 4.69) is 15.5 Å². The largest absolute Gasteiger partial charge is 0.383 e. The van der Waals surface area contributed by atoms with Gasteiger partial charge in [0.2, 0.25) is 0 Å². The number of thiophene rings is 1. The summed E-state index contributed by atoms with van der Waals surface area (Å²) in [6.45, 7) is 2.18. The molecule has 2 N–H and O–H groups in total. The second kappa shape index (κ2) is 6.54. The molecule has 0 unspecified atom stereocenters. The zero-order valence-corrected chi connectivity index (χ0v) is 12.1. The summed E-state index contributed by atoms with van der Waals surface area (Å²) in [6.07, 6.45) is 1.79. The minimum absolute atomic E-state index is 0.669. The van der Waals surface area contributed by atoms with Crippen LogP contribution in [0, 0.1) is 0 Å². The monoisotopic (exact) mass is 305 g/mol. The first-order valence-electron chi connectivity index (χ1n) is 5.39. The summed E-state index contributed by atoms with van der Waals surface area (Å²) in [6, 6.07) is 1.85. The fourth-order valence-corrected chi connectivity index (χ4v) is 3.06. The number of aromatic nitrogens is 2. The van der Waals surface area contributed by atoms with Crippen molar-refractivity contribution in [3.05, 3.63) is 26.5 Å². The molecule has 18 heavy (non-hydrogen) atoms. The maximum Gasteiger partial charge on any atom is 0.104 e. The Labute approximate surface area is 119 Å². The number of methoxy groups -OCH3 is 1. The van der Waals surface area contributed by atoms with E-state index >= 15 is 0 Å². The third-order valence-corrected chi connectivity index (χ3v) is 3.93. The Morgan fingerprint density at radius 1 is 1.50 bits per heavy atom. The van der Waals surface area contributed by atoms with E-state index in [1.54, 1.807) is 13.3 Å². The summed E-state index contributed by atoms with van der Waals surface area (Å²) in [7, 11) is 1.68. The first kappa shape index (κ1) is 13.8. The predicted octanol–water partition coefficient (Wildman–Crippen LogP) is 3.18. The quantitative estimate of drug-likeness (QED) is 0.806. The molecule has 0 fully saturated rings. The SMILES string of the molecule is COCCNCc1cn[nH]c1-c1cc(Cl)sc1Cl. The highest BCUT2D eigenvalue weighted by Gasteiger charge is 2.13. The molecule has 0 aliphatic carbocycles. The molecule has 0 bridgehead atoms. The molecule has 7 heteroatoms. The number of hydrogen-bond donors (Lipinski definition) is 2. The molecule has 2 aromatic heterocycles. The Hall–Kier alpha value is -0.590. The molecule has 0 aliphatic rings. The zero-order valence-electron chi connectivity index (χ0n) is 9.80. The first-order chi connectivity index (χ1) is 8.72. The van der Waals surface area contributed by atoms with Gasteiger partial charge in [-0.2, -0.15) is 5.10 Å². The molecular weight excluding hydrogens is 293 g/mol. The van der Waals surface area contributed by atoms with Crippen molar-refractivity contribution in [2.75, 3.05) is 20.3 Å². The Morgan fingerprint density at radius 3 is 3.00 bits per heavy atom. The fourth-order valence-electron chi connectivity index (χ4n) is 1.59. The summed E-state index contributed by atoms with van der Waals surface area (Å²) >= 11 is 13.4. The summed E-state index contributed by atoms with van der Waals surface area (Å²) in [4.78, 5) is 0. The first-order valence-corrected chi connectivity index (χ1v) is 6.96. The zero-order chi connectivity index (χ0) is 13.0. The molecule has 0 radical (unpaired) electrons. The second-order valence-corrected chi connectivity index (χ2v) is 5.96. The molecule has 98 valence electrons. The maximum atomic E-state index is 6.14. The molecule has 4 nitrogen and oxygen atoms in total. The Morgan fingerprint density at radius 2 is 2.33 bits per heavy atom. The maximum absolute atomic E-state index is 6.14. The average molecular weight is 306 g/mol. The van der Waals surface area contributed by atoms with E-state index in [0.717, 1.165) is 23.4 Å². The molecular formula is C11H13Cl2N3OS. The van der Waals surface area contributed by atoms with Gasteiger partial charge in [0.15, 0.2) is 0 Å². The van der Waals surface area contributed by atoms with E-state index in [0.29, 0.717) is 21.8 Å². The van der Waals surface area contributed by atoms with Crippen LogP contribution in [-0.2, 0) is 11.3 Å². The highest BCUT2D eigenvalue weighted by Crippen LogP contribution is 2.38. The number of ether oxygens (including phenoxy) is 1. The summed E-state index contributed by atoms with van der Waals surface area (Å²) < 4.78 is 6.31. The van der Waals surface area contributed by atoms with Crippen molar-refractivity contribution >= 4 is 34.5 Å². The fraction of sp³-hybridized carbons (Fsp3) is 0.364. The minimum Gasteiger partial charge on any atom is -0.383 e. The standard InChI is InChI=1S/C11H13Cl2N3OS/c1-17-3-2-14-5-7-6-15-16-10(7)8-4-9(12)18-11(8)13/h4,6,14H,2-3,5H2,1H3,(H,15,16). The summed E-state index contributed by atoms with van der Waals surface area (Å²) in [5.41, 5.74) is 2.86. The van der Waals surface area contributed by atoms with Crippen LogP contribution in [0.1, 0.15) is 5.56 Å². The van der Waals surface area contributed by atoms with Gasteiger partial charge in [0.1, 0.15) is 4.34 Å². The van der Waals surface area contributed by atoms with Crippen LogP contribution in [0.15, 0.2) is 12.3 Å². The van der Waals surface area contributed by atoms with Gasteiger partial charge in [-0.1, -0.05) is 23.2 Å². The molecule has 0 aliphatic heterocycles. The van der Waals surface area contributed by atoms with E-state index in [1.807, 2.05) is 6.07 Å². The molecule has 0 aromatic carbocycles. The van der Waals surface area contributed by atoms with E-state index in [1.165, 1.54) is 11.3 Å². The molecule has 0 spiro atoms. The molecule has 2 rings (SSSR count). The van der Waals surface area contributed by atoms with E-state index in [4.69, 9.17) is 27.9 Å². The lowest BCUT2D eigenvalue weighted by atomic mass is 10.1. The summed E-state index contributed by atoms with van der Waals surface area (Å²) in [5, 5.41) is 10.3. The van der Waals surface area contributed by atoms with Crippen LogP contribution in [0.2, 0.25) is 8.67 Å². The molecule has 0 amide bonds. The van der Waals surface area contributed by atoms with Gasteiger partial charge in [-0.25, -0.2) is 0 Å². The van der Waals surface area contributed by atoms with Crippen LogP contribution in [0.3, 0.4) is 0 Å². The van der Waals surface area contributed by atoms with Gasteiger partial charge in [0.25, 0.3) is 0 Å². The van der Waals surface area contributed by atoms with Gasteiger partial charge in [-0.15, -0.1) is 11.3 Å². The molecule has 2 heterocycles. The van der Waals surface area contributed by atoms with Crippen molar-refractivity contribution in [1.29, 1.82) is 0 Å². The Bertz CT molecular complexity index is 512. The normalized spacial score (nSPS) is 11.1. The van der Waals surface area contributed by atoms with Crippen LogP contribution in [0.4, 0.5) is 0 Å². The minimum atomic E-state index is 0.669. The van der Waals surface area contributed by atoms with Gasteiger partial charge in [0, 0.05) is 31.3 Å². The van der Waals surface area contributed by atoms with E-state index < -0.39 is 0 Å². The van der Waals surface area contributed by atoms with Crippen LogP contribution in [-0.4, -0.2) is 30.5 Å². The van der Waals surface area contributed by atoms with Gasteiger partial charge < -0.3 is 10.1 Å². The molecule has 0 atom stereocenters. The highest BCUT2D eigenvalue weighted by atomic mass is 35.5. The smallest absolute Gasteiger partial charge is 0.104 e. The number of halogens is 2. The van der Waals surface area contributed by atoms with E-state index in [9.17, 15) is 0 Å². The number of H-pyrrole nitrogens is 1. The number of nitrogens with one attached hydrogen (secondary N) is 2. The topological polar surface area (TPSA) is 49.9 Å². The van der Waals surface area contributed by atoms with Crippen LogP contribution >= 0.6 is 34.5 Å². The van der Waals surface area contributed by atoms with Crippen molar-refractivity contribution in [2.24, 2.45) is 0 Å². The van der Waals surface area contributed by atoms with E-state index in [-0.39, 0.29) is 0 Å². The second-order valence-electron chi connectivity index (χ2n) is 3.68. The third kappa shape index (κ3) is 3.24. The van der Waals surface area contributed by atoms with Crippen LogP contribution < -0.4 is 5.32 Å². The Kier molecular flexibility index (Phi) is 5.03. The average Bonchev–Trinajstić information content (AvgIpc) is 2.91. The Balaban J connectivity index is 2.10. The molecule has 2 aromatic rings. The lowest BCUT2D eigenvalue weighted by molar-refractivity contribution is 0.199. The number of rotatable bonds is 6. The van der Waals surface area contributed by atoms with Crippen LogP contribution in [0.5, 0.6) is 0 Å². The van der Waals surface area contributed by atoms with Crippen LogP contribution in [0.25, 0.3) is 11.3 Å². The van der Waals surface area contributed by atoms with Gasteiger partial charge in [-0.05, 0) is 6.07 Å². The van der Waals surface area contributed by atoms with Crippen molar-refractivity contribution in [1.82, 2.24) is 15.5 Å². The van der Waals surface area contributed by atoms with Crippen molar-refractivity contribution < 1.29 is 4.74 Å². The lowest BCUT2D eigenvalue weighted by Crippen LogP contribution is -2.18. The third-order valence-electron chi connectivity index (χ3n) is 2.44. The number of aromatic amines is 1. The van der Waals surface area contributed by atoms with Crippen molar-refractivity contribution in [3.63, 3.8) is 0 Å². The van der Waals surface area contributed by atoms with Crippen molar-refractivity contribution in [3.8, 4) is 11.3 Å². The number of nitrogens with zero attached hydrogens (tertiary/aromatic N) is 1. The van der Waals surface area contributed by atoms with Gasteiger partial charge in [0.05, 0.1) is 22.8 Å². The molecule has 0 saturated carbocycles. The molecule has 0 saturated heterocycles.